The molecule has 3 aliphatic carbocycles. The fourth-order valence-electron chi connectivity index (χ4n) is 6.75. The van der Waals surface area contributed by atoms with Gasteiger partial charge in [0.2, 0.25) is 0 Å². The number of alkyl halides is 2. The smallest absolute Gasteiger partial charge is 0.303 e. The Morgan fingerprint density at radius 1 is 1.29 bits per heavy atom. The Bertz CT molecular complexity index is 790. The molecular weight excluding hydrogens is 362 g/mol. The van der Waals surface area contributed by atoms with Crippen LogP contribution in [0.5, 0.6) is 5.75 Å². The highest BCUT2D eigenvalue weighted by Crippen LogP contribution is 2.68. The molecule has 3 nitrogen and oxygen atoms in total. The first-order valence-corrected chi connectivity index (χ1v) is 10.6. The van der Waals surface area contributed by atoms with Gasteiger partial charge in [0.05, 0.1) is 0 Å². The molecule has 0 unspecified atom stereocenters. The maximum atomic E-state index is 15.1. The molecule has 154 valence electrons. The van der Waals surface area contributed by atoms with E-state index in [1.807, 2.05) is 13.0 Å². The van der Waals surface area contributed by atoms with Gasteiger partial charge in [-0.15, -0.1) is 0 Å². The first kappa shape index (κ1) is 19.7. The minimum absolute atomic E-state index is 0.0565. The van der Waals surface area contributed by atoms with Crippen LogP contribution in [0.25, 0.3) is 0 Å². The van der Waals surface area contributed by atoms with Gasteiger partial charge in [-0.05, 0) is 91.9 Å². The lowest BCUT2D eigenvalue weighted by atomic mass is 9.53. The molecule has 5 heteroatoms. The number of aromatic hydroxyl groups is 1. The Balaban J connectivity index is 1.66. The Morgan fingerprint density at radius 3 is 2.75 bits per heavy atom. The minimum Gasteiger partial charge on any atom is -0.508 e. The van der Waals surface area contributed by atoms with Crippen molar-refractivity contribution >= 4 is 5.97 Å². The quantitative estimate of drug-likeness (QED) is 0.694. The Kier molecular flexibility index (Phi) is 4.71. The van der Waals surface area contributed by atoms with Crippen LogP contribution < -0.4 is 0 Å². The standard InChI is InChI=1S/C23H30F2O3/c1-13-10-18-14(11-19(13)26)6-7-17-16(18)8-9-22(2)21(17)15(12-23(22,24)25)4-3-5-20(27)28/h10-11,15-17,21,26H,3-9,12H2,1-2H3,(H,27,28)/t15-,16+,17-,21+,22+/m1/s1. The van der Waals surface area contributed by atoms with Crippen LogP contribution in [0.15, 0.2) is 12.1 Å². The summed E-state index contributed by atoms with van der Waals surface area (Å²) in [6, 6.07) is 3.93. The Morgan fingerprint density at radius 2 is 2.04 bits per heavy atom. The highest BCUT2D eigenvalue weighted by Gasteiger charge is 2.67. The van der Waals surface area contributed by atoms with Gasteiger partial charge >= 0.3 is 5.97 Å². The van der Waals surface area contributed by atoms with Crippen molar-refractivity contribution in [3.8, 4) is 5.75 Å². The van der Waals surface area contributed by atoms with Gasteiger partial charge in [0.1, 0.15) is 5.75 Å². The molecular formula is C23H30F2O3. The molecule has 0 radical (unpaired) electrons. The molecule has 2 fully saturated rings. The van der Waals surface area contributed by atoms with Crippen LogP contribution in [0.1, 0.15) is 74.5 Å². The fraction of sp³-hybridized carbons (Fsp3) is 0.696. The van der Waals surface area contributed by atoms with Crippen molar-refractivity contribution in [3.63, 3.8) is 0 Å². The molecule has 2 saturated carbocycles. The van der Waals surface area contributed by atoms with Crippen molar-refractivity contribution in [3.05, 3.63) is 28.8 Å². The fourth-order valence-corrected chi connectivity index (χ4v) is 6.75. The molecule has 2 N–H and O–H groups in total. The Labute approximate surface area is 165 Å². The summed E-state index contributed by atoms with van der Waals surface area (Å²) >= 11 is 0. The first-order valence-electron chi connectivity index (χ1n) is 10.6. The molecule has 0 amide bonds. The lowest BCUT2D eigenvalue weighted by Gasteiger charge is -2.51. The number of hydrogen-bond acceptors (Lipinski definition) is 2. The number of aliphatic carboxylic acids is 1. The summed E-state index contributed by atoms with van der Waals surface area (Å²) < 4.78 is 30.2. The summed E-state index contributed by atoms with van der Waals surface area (Å²) in [7, 11) is 0. The number of phenols is 1. The molecule has 1 aromatic carbocycles. The van der Waals surface area contributed by atoms with Crippen molar-refractivity contribution in [1.82, 2.24) is 0 Å². The van der Waals surface area contributed by atoms with Gasteiger partial charge in [0.15, 0.2) is 0 Å². The number of carbonyl (C=O) groups is 1. The molecule has 0 bridgehead atoms. The minimum atomic E-state index is -2.68. The highest BCUT2D eigenvalue weighted by molar-refractivity contribution is 5.66. The maximum Gasteiger partial charge on any atom is 0.303 e. The predicted molar refractivity (Wildman–Crippen MR) is 103 cm³/mol. The molecule has 0 aromatic heterocycles. The third kappa shape index (κ3) is 2.93. The zero-order chi connectivity index (χ0) is 20.3. The van der Waals surface area contributed by atoms with Crippen molar-refractivity contribution in [2.75, 3.05) is 0 Å². The van der Waals surface area contributed by atoms with Crippen LogP contribution in [-0.2, 0) is 11.2 Å². The topological polar surface area (TPSA) is 57.5 Å². The number of aryl methyl sites for hydroxylation is 2. The largest absolute Gasteiger partial charge is 0.508 e. The van der Waals surface area contributed by atoms with Gasteiger partial charge < -0.3 is 10.2 Å². The molecule has 28 heavy (non-hydrogen) atoms. The normalized spacial score (nSPS) is 35.7. The van der Waals surface area contributed by atoms with Gasteiger partial charge in [0, 0.05) is 18.3 Å². The van der Waals surface area contributed by atoms with Crippen LogP contribution in [0.3, 0.4) is 0 Å². The number of hydrogen-bond donors (Lipinski definition) is 2. The number of carboxylic acids is 1. The van der Waals surface area contributed by atoms with Gasteiger partial charge in [-0.3, -0.25) is 4.79 Å². The van der Waals surface area contributed by atoms with Gasteiger partial charge in [-0.2, -0.15) is 0 Å². The summed E-state index contributed by atoms with van der Waals surface area (Å²) in [6.45, 7) is 3.67. The number of phenolic OH excluding ortho intramolecular Hbond substituents is 1. The molecule has 0 heterocycles. The number of benzene rings is 1. The zero-order valence-corrected chi connectivity index (χ0v) is 16.7. The average molecular weight is 392 g/mol. The van der Waals surface area contributed by atoms with E-state index in [0.29, 0.717) is 25.0 Å². The van der Waals surface area contributed by atoms with E-state index in [1.165, 1.54) is 11.1 Å². The second-order valence-electron chi connectivity index (χ2n) is 9.58. The monoisotopic (exact) mass is 392 g/mol. The van der Waals surface area contributed by atoms with E-state index in [9.17, 15) is 9.90 Å². The third-order valence-electron chi connectivity index (χ3n) is 8.12. The molecule has 0 saturated heterocycles. The SMILES string of the molecule is Cc1cc2c(cc1O)CC[C@H]1[C@@H]3[C@H](CCCC(=O)O)CC(F)(F)[C@@]3(C)CC[C@H]21. The first-order chi connectivity index (χ1) is 13.1. The summed E-state index contributed by atoms with van der Waals surface area (Å²) in [5.74, 6) is -2.88. The van der Waals surface area contributed by atoms with Crippen LogP contribution in [0, 0.1) is 30.1 Å². The van der Waals surface area contributed by atoms with Crippen molar-refractivity contribution in [1.29, 1.82) is 0 Å². The second-order valence-corrected chi connectivity index (χ2v) is 9.58. The lowest BCUT2D eigenvalue weighted by Crippen LogP contribution is -2.47. The number of rotatable bonds is 4. The van der Waals surface area contributed by atoms with E-state index in [0.717, 1.165) is 24.8 Å². The van der Waals surface area contributed by atoms with E-state index >= 15 is 8.78 Å². The van der Waals surface area contributed by atoms with E-state index < -0.39 is 17.3 Å². The number of halogens is 2. The summed E-state index contributed by atoms with van der Waals surface area (Å²) in [6.07, 6.45) is 4.00. The molecule has 1 aromatic rings. The number of carboxylic acid groups (broad SMARTS) is 1. The van der Waals surface area contributed by atoms with Crippen LogP contribution in [0.4, 0.5) is 8.78 Å². The second kappa shape index (κ2) is 6.70. The zero-order valence-electron chi connectivity index (χ0n) is 16.7. The van der Waals surface area contributed by atoms with E-state index in [2.05, 4.69) is 6.07 Å². The summed E-state index contributed by atoms with van der Waals surface area (Å²) in [5.41, 5.74) is 2.28. The maximum absolute atomic E-state index is 15.1. The van der Waals surface area contributed by atoms with Crippen LogP contribution in [0.2, 0.25) is 0 Å². The third-order valence-corrected chi connectivity index (χ3v) is 8.12. The van der Waals surface area contributed by atoms with E-state index in [4.69, 9.17) is 5.11 Å². The molecule has 3 aliphatic rings. The van der Waals surface area contributed by atoms with Crippen LogP contribution >= 0.6 is 0 Å². The molecule has 4 rings (SSSR count). The van der Waals surface area contributed by atoms with Crippen molar-refractivity contribution < 1.29 is 23.8 Å². The molecule has 5 atom stereocenters. The van der Waals surface area contributed by atoms with Gasteiger partial charge in [-0.1, -0.05) is 13.0 Å². The van der Waals surface area contributed by atoms with Gasteiger partial charge in [0.25, 0.3) is 5.92 Å². The summed E-state index contributed by atoms with van der Waals surface area (Å²) in [4.78, 5) is 10.9. The Hall–Kier alpha value is -1.65. The van der Waals surface area contributed by atoms with E-state index in [1.54, 1.807) is 6.92 Å². The van der Waals surface area contributed by atoms with Gasteiger partial charge in [-0.25, -0.2) is 8.78 Å². The number of fused-ring (bicyclic) bond motifs is 5. The predicted octanol–water partition coefficient (Wildman–Crippen LogP) is 5.67. The van der Waals surface area contributed by atoms with E-state index in [-0.39, 0.29) is 36.5 Å². The highest BCUT2D eigenvalue weighted by atomic mass is 19.3. The van der Waals surface area contributed by atoms with Crippen LogP contribution in [-0.4, -0.2) is 22.1 Å². The summed E-state index contributed by atoms with van der Waals surface area (Å²) in [5, 5.41) is 19.0. The molecule has 0 aliphatic heterocycles. The lowest BCUT2D eigenvalue weighted by molar-refractivity contribution is -0.137. The average Bonchev–Trinajstić information content (AvgIpc) is 2.81. The molecule has 0 spiro atoms. The van der Waals surface area contributed by atoms with Crippen molar-refractivity contribution in [2.45, 2.75) is 77.1 Å². The van der Waals surface area contributed by atoms with Crippen molar-refractivity contribution in [2.24, 2.45) is 23.2 Å².